The fraction of sp³-hybridized carbons (Fsp3) is 0.533. The molecule has 0 aliphatic heterocycles. The number of amides is 2. The molecule has 1 N–H and O–H groups in total. The molecule has 0 heterocycles. The molecule has 1 aliphatic rings. The molecular weight excluding hydrogens is 499 g/mol. The SMILES string of the molecule is [B]c1cc(C(CN(C(=O)OC(C)(C)C)C2CCC(NC(=O)OC(C)(C)C)CC2)c2ccccc2)ccc1Cl. The Morgan fingerprint density at radius 1 is 0.947 bits per heavy atom. The number of hydrogen-bond donors (Lipinski definition) is 1. The van der Waals surface area contributed by atoms with E-state index < -0.39 is 17.3 Å². The van der Waals surface area contributed by atoms with Crippen LogP contribution in [-0.2, 0) is 9.47 Å². The highest BCUT2D eigenvalue weighted by Gasteiger charge is 2.34. The monoisotopic (exact) mass is 538 g/mol. The molecule has 0 saturated heterocycles. The van der Waals surface area contributed by atoms with Crippen molar-refractivity contribution in [3.8, 4) is 0 Å². The van der Waals surface area contributed by atoms with E-state index in [9.17, 15) is 9.59 Å². The van der Waals surface area contributed by atoms with Gasteiger partial charge < -0.3 is 19.7 Å². The molecule has 1 atom stereocenters. The summed E-state index contributed by atoms with van der Waals surface area (Å²) in [5.41, 5.74) is 1.38. The van der Waals surface area contributed by atoms with Crippen molar-refractivity contribution < 1.29 is 19.1 Å². The Morgan fingerprint density at radius 2 is 1.55 bits per heavy atom. The Hall–Kier alpha value is -2.67. The third-order valence-electron chi connectivity index (χ3n) is 6.49. The van der Waals surface area contributed by atoms with Crippen LogP contribution in [0.4, 0.5) is 9.59 Å². The molecule has 0 bridgehead atoms. The maximum Gasteiger partial charge on any atom is 0.410 e. The fourth-order valence-corrected chi connectivity index (χ4v) is 4.88. The maximum absolute atomic E-state index is 13.6. The molecule has 1 unspecified atom stereocenters. The largest absolute Gasteiger partial charge is 0.444 e. The number of rotatable bonds is 6. The Balaban J connectivity index is 1.83. The van der Waals surface area contributed by atoms with Crippen LogP contribution in [0.15, 0.2) is 48.5 Å². The summed E-state index contributed by atoms with van der Waals surface area (Å²) in [7, 11) is 6.16. The predicted molar refractivity (Wildman–Crippen MR) is 153 cm³/mol. The summed E-state index contributed by atoms with van der Waals surface area (Å²) in [5, 5.41) is 3.48. The molecule has 1 saturated carbocycles. The van der Waals surface area contributed by atoms with Gasteiger partial charge in [-0.2, -0.15) is 0 Å². The lowest BCUT2D eigenvalue weighted by atomic mass is 9.85. The molecule has 2 radical (unpaired) electrons. The zero-order valence-electron chi connectivity index (χ0n) is 23.4. The van der Waals surface area contributed by atoms with E-state index in [1.807, 2.05) is 76.8 Å². The molecule has 0 spiro atoms. The number of carbonyl (C=O) groups is 2. The molecule has 0 aromatic heterocycles. The van der Waals surface area contributed by atoms with Crippen LogP contribution in [0.5, 0.6) is 0 Å². The van der Waals surface area contributed by atoms with Crippen LogP contribution in [0.3, 0.4) is 0 Å². The number of ether oxygens (including phenoxy) is 2. The smallest absolute Gasteiger partial charge is 0.410 e. The summed E-state index contributed by atoms with van der Waals surface area (Å²) in [6, 6.07) is 15.7. The average molecular weight is 539 g/mol. The van der Waals surface area contributed by atoms with Gasteiger partial charge in [-0.1, -0.05) is 59.5 Å². The van der Waals surface area contributed by atoms with Crippen LogP contribution < -0.4 is 10.8 Å². The highest BCUT2D eigenvalue weighted by molar-refractivity contribution is 6.45. The zero-order valence-corrected chi connectivity index (χ0v) is 24.2. The number of alkyl carbamates (subject to hydrolysis) is 1. The van der Waals surface area contributed by atoms with E-state index in [1.165, 1.54) is 0 Å². The highest BCUT2D eigenvalue weighted by atomic mass is 35.5. The highest BCUT2D eigenvalue weighted by Crippen LogP contribution is 2.31. The summed E-state index contributed by atoms with van der Waals surface area (Å²) < 4.78 is 11.3. The second-order valence-electron chi connectivity index (χ2n) is 12.0. The first-order valence-corrected chi connectivity index (χ1v) is 13.7. The molecule has 3 rings (SSSR count). The van der Waals surface area contributed by atoms with Crippen molar-refractivity contribution in [2.75, 3.05) is 6.54 Å². The summed E-state index contributed by atoms with van der Waals surface area (Å²) in [4.78, 5) is 27.7. The molecule has 38 heavy (non-hydrogen) atoms. The average Bonchev–Trinajstić information content (AvgIpc) is 2.80. The van der Waals surface area contributed by atoms with Crippen molar-refractivity contribution in [3.05, 3.63) is 64.7 Å². The van der Waals surface area contributed by atoms with Gasteiger partial charge in [-0.05, 0) is 84.4 Å². The molecule has 2 amide bonds. The van der Waals surface area contributed by atoms with Crippen LogP contribution >= 0.6 is 11.6 Å². The van der Waals surface area contributed by atoms with E-state index in [0.717, 1.165) is 36.8 Å². The number of nitrogens with one attached hydrogen (secondary N) is 1. The van der Waals surface area contributed by atoms with Gasteiger partial charge >= 0.3 is 12.2 Å². The fourth-order valence-electron chi connectivity index (χ4n) is 4.76. The topological polar surface area (TPSA) is 67.9 Å². The minimum atomic E-state index is -0.627. The number of hydrogen-bond acceptors (Lipinski definition) is 4. The third kappa shape index (κ3) is 8.97. The van der Waals surface area contributed by atoms with Crippen LogP contribution in [-0.4, -0.2) is 54.8 Å². The quantitative estimate of drug-likeness (QED) is 0.436. The van der Waals surface area contributed by atoms with E-state index in [4.69, 9.17) is 28.9 Å². The standard InChI is InChI=1S/C30H40BClN2O4/c1-29(2,3)37-27(35)33-22-13-15-23(16-14-22)34(28(36)38-30(4,5)6)19-24(20-10-8-7-9-11-20)21-12-17-26(32)25(31)18-21/h7-12,17-18,22-24H,13-16,19H2,1-6H3,(H,33,35). The first kappa shape index (κ1) is 29.9. The first-order valence-electron chi connectivity index (χ1n) is 13.3. The van der Waals surface area contributed by atoms with E-state index >= 15 is 0 Å². The minimum absolute atomic E-state index is 0.00238. The Kier molecular flexibility index (Phi) is 9.80. The molecule has 1 aliphatic carbocycles. The van der Waals surface area contributed by atoms with Crippen LogP contribution in [0.25, 0.3) is 0 Å². The van der Waals surface area contributed by atoms with Gasteiger partial charge in [-0.25, -0.2) is 9.59 Å². The number of halogens is 1. The number of benzene rings is 2. The number of nitrogens with zero attached hydrogens (tertiary/aromatic N) is 1. The van der Waals surface area contributed by atoms with Gasteiger partial charge in [0.2, 0.25) is 0 Å². The van der Waals surface area contributed by atoms with E-state index in [2.05, 4.69) is 17.4 Å². The van der Waals surface area contributed by atoms with Crippen LogP contribution in [0, 0.1) is 0 Å². The van der Waals surface area contributed by atoms with E-state index in [1.54, 1.807) is 6.07 Å². The van der Waals surface area contributed by atoms with E-state index in [-0.39, 0.29) is 24.1 Å². The molecule has 2 aromatic rings. The lowest BCUT2D eigenvalue weighted by Crippen LogP contribution is -2.49. The van der Waals surface area contributed by atoms with Gasteiger partial charge in [0.15, 0.2) is 0 Å². The van der Waals surface area contributed by atoms with Gasteiger partial charge in [-0.3, -0.25) is 0 Å². The Bertz CT molecular complexity index is 1090. The van der Waals surface area contributed by atoms with E-state index in [0.29, 0.717) is 17.0 Å². The molecule has 8 heteroatoms. The summed E-state index contributed by atoms with van der Waals surface area (Å²) in [5.74, 6) is -0.124. The maximum atomic E-state index is 13.6. The lowest BCUT2D eigenvalue weighted by Gasteiger charge is -2.39. The lowest BCUT2D eigenvalue weighted by molar-refractivity contribution is 0.00941. The first-order chi connectivity index (χ1) is 17.7. The second-order valence-corrected chi connectivity index (χ2v) is 12.4. The Morgan fingerprint density at radius 3 is 2.11 bits per heavy atom. The van der Waals surface area contributed by atoms with Crippen molar-refractivity contribution >= 4 is 37.1 Å². The molecule has 204 valence electrons. The van der Waals surface area contributed by atoms with Gasteiger partial charge in [0.1, 0.15) is 19.0 Å². The molecule has 2 aromatic carbocycles. The number of carbonyl (C=O) groups excluding carboxylic acids is 2. The van der Waals surface area contributed by atoms with Crippen molar-refractivity contribution in [1.82, 2.24) is 10.2 Å². The van der Waals surface area contributed by atoms with Crippen molar-refractivity contribution in [3.63, 3.8) is 0 Å². The van der Waals surface area contributed by atoms with Crippen molar-refractivity contribution in [2.24, 2.45) is 0 Å². The molecular formula is C30H40BClN2O4. The van der Waals surface area contributed by atoms with Gasteiger partial charge in [0.05, 0.1) is 0 Å². The molecule has 1 fully saturated rings. The summed E-state index contributed by atoms with van der Waals surface area (Å²) in [6.07, 6.45) is 2.21. The summed E-state index contributed by atoms with van der Waals surface area (Å²) >= 11 is 6.22. The van der Waals surface area contributed by atoms with Crippen molar-refractivity contribution in [2.45, 2.75) is 96.4 Å². The minimum Gasteiger partial charge on any atom is -0.444 e. The van der Waals surface area contributed by atoms with Crippen LogP contribution in [0.2, 0.25) is 5.02 Å². The van der Waals surface area contributed by atoms with Gasteiger partial charge in [0.25, 0.3) is 0 Å². The normalized spacial score (nSPS) is 18.8. The summed E-state index contributed by atoms with van der Waals surface area (Å²) in [6.45, 7) is 11.6. The second kappa shape index (κ2) is 12.5. The Labute approximate surface area is 233 Å². The molecule has 6 nitrogen and oxygen atoms in total. The third-order valence-corrected chi connectivity index (χ3v) is 6.83. The van der Waals surface area contributed by atoms with Crippen LogP contribution in [0.1, 0.15) is 84.3 Å². The van der Waals surface area contributed by atoms with Crippen molar-refractivity contribution in [1.29, 1.82) is 0 Å². The van der Waals surface area contributed by atoms with Gasteiger partial charge in [-0.15, -0.1) is 0 Å². The zero-order chi connectivity index (χ0) is 28.1. The van der Waals surface area contributed by atoms with Gasteiger partial charge in [0, 0.05) is 29.6 Å². The predicted octanol–water partition coefficient (Wildman–Crippen LogP) is 6.34.